The molecule has 0 amide bonds. The van der Waals surface area contributed by atoms with Gasteiger partial charge in [-0.3, -0.25) is 4.79 Å². The number of carbonyl (C=O) groups excluding carboxylic acids is 1. The number of hydrogen-bond acceptors (Lipinski definition) is 3. The van der Waals surface area contributed by atoms with Crippen LogP contribution in [0, 0.1) is 13.8 Å². The lowest BCUT2D eigenvalue weighted by molar-refractivity contribution is 0.0551. The molecule has 0 fully saturated rings. The maximum Gasteiger partial charge on any atom is 0.150 e. The van der Waals surface area contributed by atoms with E-state index in [1.54, 1.807) is 26.0 Å². The zero-order valence-corrected chi connectivity index (χ0v) is 10.9. The highest BCUT2D eigenvalue weighted by molar-refractivity contribution is 5.76. The molecule has 94 valence electrons. The average Bonchev–Trinajstić information content (AvgIpc) is 2.20. The molecule has 0 aliphatic carbocycles. The molecule has 0 aliphatic heterocycles. The third-order valence-corrected chi connectivity index (χ3v) is 2.58. The number of hydrogen-bond donors (Lipinski definition) is 1. The van der Waals surface area contributed by atoms with Crippen LogP contribution in [0.3, 0.4) is 0 Å². The van der Waals surface area contributed by atoms with Crippen LogP contribution in [0.2, 0.25) is 0 Å². The average molecular weight is 236 g/mol. The summed E-state index contributed by atoms with van der Waals surface area (Å²) < 4.78 is 5.67. The molecule has 17 heavy (non-hydrogen) atoms. The van der Waals surface area contributed by atoms with E-state index in [9.17, 15) is 9.90 Å². The largest absolute Gasteiger partial charge is 0.493 e. The van der Waals surface area contributed by atoms with Crippen molar-refractivity contribution in [1.82, 2.24) is 0 Å². The van der Waals surface area contributed by atoms with Crippen molar-refractivity contribution < 1.29 is 14.6 Å². The predicted octanol–water partition coefficient (Wildman–Crippen LogP) is 2.66. The van der Waals surface area contributed by atoms with Crippen molar-refractivity contribution in [2.24, 2.45) is 0 Å². The number of benzene rings is 1. The molecule has 0 radical (unpaired) electrons. The van der Waals surface area contributed by atoms with E-state index in [1.165, 1.54) is 0 Å². The van der Waals surface area contributed by atoms with Crippen molar-refractivity contribution >= 4 is 6.29 Å². The fraction of sp³-hybridized carbons (Fsp3) is 0.500. The fourth-order valence-corrected chi connectivity index (χ4v) is 1.68. The van der Waals surface area contributed by atoms with Gasteiger partial charge in [0.2, 0.25) is 0 Å². The molecule has 3 nitrogen and oxygen atoms in total. The van der Waals surface area contributed by atoms with Gasteiger partial charge in [-0.25, -0.2) is 0 Å². The van der Waals surface area contributed by atoms with Crippen LogP contribution in [0.15, 0.2) is 12.1 Å². The number of rotatable bonds is 5. The summed E-state index contributed by atoms with van der Waals surface area (Å²) in [7, 11) is 0. The first-order valence-corrected chi connectivity index (χ1v) is 5.75. The molecule has 0 aliphatic rings. The van der Waals surface area contributed by atoms with Crippen LogP contribution in [-0.4, -0.2) is 23.6 Å². The summed E-state index contributed by atoms with van der Waals surface area (Å²) in [6.07, 6.45) is 1.40. The summed E-state index contributed by atoms with van der Waals surface area (Å²) in [6.45, 7) is 7.81. The second-order valence-corrected chi connectivity index (χ2v) is 5.01. The third kappa shape index (κ3) is 4.19. The van der Waals surface area contributed by atoms with Crippen LogP contribution in [0.25, 0.3) is 0 Å². The first kappa shape index (κ1) is 13.7. The van der Waals surface area contributed by atoms with Crippen LogP contribution < -0.4 is 4.74 Å². The van der Waals surface area contributed by atoms with Gasteiger partial charge in [0.05, 0.1) is 12.2 Å². The van der Waals surface area contributed by atoms with Crippen molar-refractivity contribution in [3.63, 3.8) is 0 Å². The Morgan fingerprint density at radius 1 is 1.29 bits per heavy atom. The Morgan fingerprint density at radius 2 is 1.82 bits per heavy atom. The number of ether oxygens (including phenoxy) is 1. The van der Waals surface area contributed by atoms with Crippen molar-refractivity contribution in [2.75, 3.05) is 6.61 Å². The molecule has 1 aromatic carbocycles. The van der Waals surface area contributed by atoms with Gasteiger partial charge in [-0.15, -0.1) is 0 Å². The van der Waals surface area contributed by atoms with E-state index in [0.717, 1.165) is 23.2 Å². The molecule has 1 aromatic rings. The number of aryl methyl sites for hydroxylation is 2. The van der Waals surface area contributed by atoms with E-state index in [4.69, 9.17) is 4.74 Å². The number of carbonyl (C=O) groups is 1. The van der Waals surface area contributed by atoms with E-state index >= 15 is 0 Å². The van der Waals surface area contributed by atoms with Crippen molar-refractivity contribution in [1.29, 1.82) is 0 Å². The van der Waals surface area contributed by atoms with E-state index in [0.29, 0.717) is 18.6 Å². The van der Waals surface area contributed by atoms with Gasteiger partial charge < -0.3 is 9.84 Å². The van der Waals surface area contributed by atoms with Gasteiger partial charge in [-0.1, -0.05) is 0 Å². The summed E-state index contributed by atoms with van der Waals surface area (Å²) in [6, 6.07) is 3.61. The summed E-state index contributed by atoms with van der Waals surface area (Å²) in [5.74, 6) is 0.805. The van der Waals surface area contributed by atoms with Crippen LogP contribution in [0.5, 0.6) is 5.75 Å². The first-order valence-electron chi connectivity index (χ1n) is 5.75. The lowest BCUT2D eigenvalue weighted by Crippen LogP contribution is -2.22. The van der Waals surface area contributed by atoms with Crippen LogP contribution in [0.4, 0.5) is 0 Å². The summed E-state index contributed by atoms with van der Waals surface area (Å²) in [4.78, 5) is 10.7. The van der Waals surface area contributed by atoms with Gasteiger partial charge in [0.1, 0.15) is 12.0 Å². The molecule has 0 saturated carbocycles. The van der Waals surface area contributed by atoms with E-state index < -0.39 is 5.60 Å². The summed E-state index contributed by atoms with van der Waals surface area (Å²) >= 11 is 0. The Morgan fingerprint density at radius 3 is 2.24 bits per heavy atom. The zero-order chi connectivity index (χ0) is 13.1. The van der Waals surface area contributed by atoms with Crippen LogP contribution in [0.1, 0.15) is 41.8 Å². The minimum absolute atomic E-state index is 0.464. The molecule has 0 bridgehead atoms. The summed E-state index contributed by atoms with van der Waals surface area (Å²) in [5, 5.41) is 9.59. The van der Waals surface area contributed by atoms with E-state index in [1.807, 2.05) is 13.8 Å². The maximum absolute atomic E-state index is 10.7. The molecule has 0 spiro atoms. The topological polar surface area (TPSA) is 46.5 Å². The van der Waals surface area contributed by atoms with E-state index in [2.05, 4.69) is 0 Å². The minimum atomic E-state index is -0.718. The van der Waals surface area contributed by atoms with Gasteiger partial charge in [0, 0.05) is 12.0 Å². The normalized spacial score (nSPS) is 11.4. The van der Waals surface area contributed by atoms with Crippen molar-refractivity contribution in [2.45, 2.75) is 39.7 Å². The van der Waals surface area contributed by atoms with Gasteiger partial charge in [0.25, 0.3) is 0 Å². The van der Waals surface area contributed by atoms with Crippen LogP contribution >= 0.6 is 0 Å². The molecule has 1 rings (SSSR count). The molecule has 0 unspecified atom stereocenters. The molecule has 1 N–H and O–H groups in total. The monoisotopic (exact) mass is 236 g/mol. The Kier molecular flexibility index (Phi) is 4.29. The SMILES string of the molecule is Cc1cc(C=O)cc(C)c1OCCC(C)(C)O. The molecule has 3 heteroatoms. The highest BCUT2D eigenvalue weighted by atomic mass is 16.5. The number of aldehydes is 1. The standard InChI is InChI=1S/C14H20O3/c1-10-7-12(9-15)8-11(2)13(10)17-6-5-14(3,4)16/h7-9,16H,5-6H2,1-4H3. The molecular formula is C14H20O3. The highest BCUT2D eigenvalue weighted by Gasteiger charge is 2.13. The quantitative estimate of drug-likeness (QED) is 0.799. The molecule has 0 atom stereocenters. The second-order valence-electron chi connectivity index (χ2n) is 5.01. The minimum Gasteiger partial charge on any atom is -0.493 e. The lowest BCUT2D eigenvalue weighted by atomic mass is 10.1. The van der Waals surface area contributed by atoms with Crippen molar-refractivity contribution in [3.05, 3.63) is 28.8 Å². The molecule has 0 saturated heterocycles. The van der Waals surface area contributed by atoms with Gasteiger partial charge in [-0.2, -0.15) is 0 Å². The number of aliphatic hydroxyl groups is 1. The maximum atomic E-state index is 10.7. The van der Waals surface area contributed by atoms with Crippen LogP contribution in [-0.2, 0) is 0 Å². The zero-order valence-electron chi connectivity index (χ0n) is 10.9. The Bertz CT molecular complexity index is 379. The summed E-state index contributed by atoms with van der Waals surface area (Å²) in [5.41, 5.74) is 1.84. The van der Waals surface area contributed by atoms with Gasteiger partial charge >= 0.3 is 0 Å². The third-order valence-electron chi connectivity index (χ3n) is 2.58. The second kappa shape index (κ2) is 5.32. The van der Waals surface area contributed by atoms with Crippen molar-refractivity contribution in [3.8, 4) is 5.75 Å². The smallest absolute Gasteiger partial charge is 0.150 e. The first-order chi connectivity index (χ1) is 7.83. The fourth-order valence-electron chi connectivity index (χ4n) is 1.68. The van der Waals surface area contributed by atoms with Gasteiger partial charge in [-0.05, 0) is 51.0 Å². The molecule has 0 aromatic heterocycles. The Labute approximate surface area is 102 Å². The Balaban J connectivity index is 2.75. The highest BCUT2D eigenvalue weighted by Crippen LogP contribution is 2.24. The predicted molar refractivity (Wildman–Crippen MR) is 67.7 cm³/mol. The van der Waals surface area contributed by atoms with Gasteiger partial charge in [0.15, 0.2) is 0 Å². The lowest BCUT2D eigenvalue weighted by Gasteiger charge is -2.18. The molecular weight excluding hydrogens is 216 g/mol. The Hall–Kier alpha value is -1.35. The van der Waals surface area contributed by atoms with E-state index in [-0.39, 0.29) is 0 Å². The molecule has 0 heterocycles.